The van der Waals surface area contributed by atoms with E-state index in [1.807, 2.05) is 13.8 Å². The minimum absolute atomic E-state index is 0.459. The number of pyridine rings is 1. The highest BCUT2D eigenvalue weighted by Gasteiger charge is 2.17. The SMILES string of the molecule is CCOCc1nc2c(N)nc(C)c(C)c2n1CCOCCCCc1ccccc1. The minimum Gasteiger partial charge on any atom is -0.382 e. The molecule has 6 heteroatoms. The number of fused-ring (bicyclic) bond motifs is 1. The summed E-state index contributed by atoms with van der Waals surface area (Å²) in [6.07, 6.45) is 3.29. The van der Waals surface area contributed by atoms with E-state index in [1.54, 1.807) is 0 Å². The lowest BCUT2D eigenvalue weighted by Gasteiger charge is -2.12. The summed E-state index contributed by atoms with van der Waals surface area (Å²) in [4.78, 5) is 9.13. The molecule has 0 saturated carbocycles. The Kier molecular flexibility index (Phi) is 7.61. The molecule has 0 aliphatic rings. The average molecular weight is 397 g/mol. The zero-order chi connectivity index (χ0) is 20.6. The highest BCUT2D eigenvalue weighted by Crippen LogP contribution is 2.26. The molecule has 0 aliphatic carbocycles. The van der Waals surface area contributed by atoms with Crippen molar-refractivity contribution in [3.63, 3.8) is 0 Å². The van der Waals surface area contributed by atoms with Gasteiger partial charge in [0.25, 0.3) is 0 Å². The molecule has 0 aliphatic heterocycles. The molecule has 2 aromatic heterocycles. The van der Waals surface area contributed by atoms with E-state index in [4.69, 9.17) is 20.2 Å². The Bertz CT molecular complexity index is 922. The fourth-order valence-corrected chi connectivity index (χ4v) is 3.53. The molecule has 0 spiro atoms. The van der Waals surface area contributed by atoms with E-state index < -0.39 is 0 Å². The first-order valence-electron chi connectivity index (χ1n) is 10.4. The van der Waals surface area contributed by atoms with Crippen molar-refractivity contribution in [3.8, 4) is 0 Å². The summed E-state index contributed by atoms with van der Waals surface area (Å²) in [5, 5.41) is 0. The van der Waals surface area contributed by atoms with Crippen LogP contribution in [-0.2, 0) is 29.0 Å². The molecule has 1 aromatic carbocycles. The van der Waals surface area contributed by atoms with E-state index in [-0.39, 0.29) is 0 Å². The number of aromatic nitrogens is 3. The number of aryl methyl sites for hydroxylation is 3. The number of ether oxygens (including phenoxy) is 2. The first-order chi connectivity index (χ1) is 14.1. The van der Waals surface area contributed by atoms with Gasteiger partial charge in [-0.05, 0) is 51.2 Å². The van der Waals surface area contributed by atoms with Crippen molar-refractivity contribution in [1.82, 2.24) is 14.5 Å². The van der Waals surface area contributed by atoms with Crippen LogP contribution in [0.2, 0.25) is 0 Å². The Morgan fingerprint density at radius 1 is 1.00 bits per heavy atom. The zero-order valence-corrected chi connectivity index (χ0v) is 17.8. The molecule has 156 valence electrons. The Morgan fingerprint density at radius 3 is 2.55 bits per heavy atom. The molecule has 6 nitrogen and oxygen atoms in total. The number of nitrogens with two attached hydrogens (primary N) is 1. The van der Waals surface area contributed by atoms with Crippen molar-refractivity contribution < 1.29 is 9.47 Å². The lowest BCUT2D eigenvalue weighted by molar-refractivity contribution is 0.111. The van der Waals surface area contributed by atoms with Gasteiger partial charge in [0.05, 0.1) is 12.1 Å². The monoisotopic (exact) mass is 396 g/mol. The molecule has 0 fully saturated rings. The third-order valence-corrected chi connectivity index (χ3v) is 5.22. The number of anilines is 1. The number of rotatable bonds is 11. The van der Waals surface area contributed by atoms with Gasteiger partial charge in [-0.1, -0.05) is 30.3 Å². The van der Waals surface area contributed by atoms with Gasteiger partial charge in [0, 0.05) is 25.5 Å². The average Bonchev–Trinajstić information content (AvgIpc) is 3.09. The highest BCUT2D eigenvalue weighted by molar-refractivity contribution is 5.88. The molecule has 2 N–H and O–H groups in total. The molecule has 2 heterocycles. The molecule has 3 rings (SSSR count). The molecule has 0 amide bonds. The summed E-state index contributed by atoms with van der Waals surface area (Å²) in [5.74, 6) is 1.35. The van der Waals surface area contributed by atoms with Crippen LogP contribution in [0.4, 0.5) is 5.82 Å². The van der Waals surface area contributed by atoms with Crippen LogP contribution in [0, 0.1) is 13.8 Å². The van der Waals surface area contributed by atoms with Crippen molar-refractivity contribution in [1.29, 1.82) is 0 Å². The van der Waals surface area contributed by atoms with Gasteiger partial charge < -0.3 is 19.8 Å². The van der Waals surface area contributed by atoms with E-state index >= 15 is 0 Å². The van der Waals surface area contributed by atoms with E-state index in [9.17, 15) is 0 Å². The van der Waals surface area contributed by atoms with Crippen LogP contribution in [0.1, 0.15) is 42.4 Å². The van der Waals surface area contributed by atoms with Crippen LogP contribution < -0.4 is 5.73 Å². The summed E-state index contributed by atoms with van der Waals surface area (Å²) < 4.78 is 13.7. The molecule has 29 heavy (non-hydrogen) atoms. The summed E-state index contributed by atoms with van der Waals surface area (Å²) in [6, 6.07) is 10.6. The standard InChI is InChI=1S/C23H32N4O2/c1-4-28-16-20-26-21-22(17(2)18(3)25-23(21)24)27(20)13-15-29-14-9-8-12-19-10-6-5-7-11-19/h5-7,10-11H,4,8-9,12-16H2,1-3H3,(H2,24,25). The van der Waals surface area contributed by atoms with Gasteiger partial charge in [-0.25, -0.2) is 9.97 Å². The van der Waals surface area contributed by atoms with Gasteiger partial charge in [0.15, 0.2) is 5.82 Å². The van der Waals surface area contributed by atoms with Crippen molar-refractivity contribution >= 4 is 16.9 Å². The molecule has 0 atom stereocenters. The Hall–Kier alpha value is -2.44. The highest BCUT2D eigenvalue weighted by atomic mass is 16.5. The normalized spacial score (nSPS) is 11.4. The van der Waals surface area contributed by atoms with Gasteiger partial charge in [0.1, 0.15) is 17.9 Å². The van der Waals surface area contributed by atoms with Crippen LogP contribution in [-0.4, -0.2) is 34.4 Å². The molecular weight excluding hydrogens is 364 g/mol. The van der Waals surface area contributed by atoms with Gasteiger partial charge in [-0.2, -0.15) is 0 Å². The predicted octanol–water partition coefficient (Wildman–Crippen LogP) is 4.21. The largest absolute Gasteiger partial charge is 0.382 e. The van der Waals surface area contributed by atoms with Gasteiger partial charge in [0.2, 0.25) is 0 Å². The van der Waals surface area contributed by atoms with Gasteiger partial charge in [-0.15, -0.1) is 0 Å². The van der Waals surface area contributed by atoms with Crippen molar-refractivity contribution in [2.24, 2.45) is 0 Å². The number of hydrogen-bond donors (Lipinski definition) is 1. The summed E-state index contributed by atoms with van der Waals surface area (Å²) in [5.41, 5.74) is 11.3. The first kappa shape index (κ1) is 21.3. The van der Waals surface area contributed by atoms with Crippen LogP contribution in [0.15, 0.2) is 30.3 Å². The summed E-state index contributed by atoms with van der Waals surface area (Å²) in [7, 11) is 0. The second-order valence-corrected chi connectivity index (χ2v) is 7.28. The van der Waals surface area contributed by atoms with Crippen molar-refractivity contribution in [2.45, 2.75) is 53.2 Å². The second-order valence-electron chi connectivity index (χ2n) is 7.28. The number of hydrogen-bond acceptors (Lipinski definition) is 5. The topological polar surface area (TPSA) is 75.2 Å². The Morgan fingerprint density at radius 2 is 1.79 bits per heavy atom. The second kappa shape index (κ2) is 10.4. The minimum atomic E-state index is 0.459. The quantitative estimate of drug-likeness (QED) is 0.492. The van der Waals surface area contributed by atoms with Gasteiger partial charge in [-0.3, -0.25) is 0 Å². The summed E-state index contributed by atoms with van der Waals surface area (Å²) >= 11 is 0. The third-order valence-electron chi connectivity index (χ3n) is 5.22. The summed E-state index contributed by atoms with van der Waals surface area (Å²) in [6.45, 7) is 9.26. The molecule has 0 radical (unpaired) electrons. The Labute approximate surface area is 173 Å². The number of imidazole rings is 1. The Balaban J connectivity index is 1.58. The zero-order valence-electron chi connectivity index (χ0n) is 17.8. The van der Waals surface area contributed by atoms with Crippen LogP contribution in [0.25, 0.3) is 11.0 Å². The van der Waals surface area contributed by atoms with Gasteiger partial charge >= 0.3 is 0 Å². The molecule has 0 saturated heterocycles. The maximum atomic E-state index is 6.14. The maximum absolute atomic E-state index is 6.14. The number of nitrogen functional groups attached to an aromatic ring is 1. The smallest absolute Gasteiger partial charge is 0.151 e. The lowest BCUT2D eigenvalue weighted by Crippen LogP contribution is -2.12. The molecular formula is C23H32N4O2. The first-order valence-corrected chi connectivity index (χ1v) is 10.4. The number of benzene rings is 1. The fourth-order valence-electron chi connectivity index (χ4n) is 3.53. The number of nitrogens with zero attached hydrogens (tertiary/aromatic N) is 3. The molecule has 0 bridgehead atoms. The predicted molar refractivity (Wildman–Crippen MR) is 117 cm³/mol. The van der Waals surface area contributed by atoms with E-state index in [2.05, 4.69) is 46.8 Å². The third kappa shape index (κ3) is 5.34. The van der Waals surface area contributed by atoms with Crippen LogP contribution >= 0.6 is 0 Å². The van der Waals surface area contributed by atoms with E-state index in [0.717, 1.165) is 60.5 Å². The molecule has 3 aromatic rings. The lowest BCUT2D eigenvalue weighted by atomic mass is 10.1. The maximum Gasteiger partial charge on any atom is 0.151 e. The van der Waals surface area contributed by atoms with Crippen molar-refractivity contribution in [2.75, 3.05) is 25.6 Å². The number of unbranched alkanes of at least 4 members (excludes halogenated alkanes) is 1. The van der Waals surface area contributed by atoms with Crippen LogP contribution in [0.5, 0.6) is 0 Å². The van der Waals surface area contributed by atoms with E-state index in [1.165, 1.54) is 5.56 Å². The van der Waals surface area contributed by atoms with Crippen molar-refractivity contribution in [3.05, 3.63) is 53.0 Å². The van der Waals surface area contributed by atoms with E-state index in [0.29, 0.717) is 25.6 Å². The van der Waals surface area contributed by atoms with Crippen LogP contribution in [0.3, 0.4) is 0 Å². The molecule has 0 unspecified atom stereocenters. The fraction of sp³-hybridized carbons (Fsp3) is 0.478.